The van der Waals surface area contributed by atoms with E-state index in [2.05, 4.69) is 23.6 Å². The summed E-state index contributed by atoms with van der Waals surface area (Å²) in [5, 5.41) is 0. The number of nitrogens with one attached hydrogen (secondary N) is 1. The second-order valence-corrected chi connectivity index (χ2v) is 6.45. The standard InChI is InChI=1S/C14H15ClN2OS/c15-14-4-3-12(19-14)6-13(17-16)9-1-2-10-7-18-8-11(10)5-9/h1-5,13,17H,6-8,16H2. The Morgan fingerprint density at radius 3 is 2.84 bits per heavy atom. The van der Waals surface area contributed by atoms with Crippen LogP contribution in [0.4, 0.5) is 0 Å². The minimum absolute atomic E-state index is 0.0978. The lowest BCUT2D eigenvalue weighted by Crippen LogP contribution is -2.29. The van der Waals surface area contributed by atoms with Gasteiger partial charge >= 0.3 is 0 Å². The molecular formula is C14H15ClN2OS. The highest BCUT2D eigenvalue weighted by Gasteiger charge is 2.16. The summed E-state index contributed by atoms with van der Waals surface area (Å²) in [4.78, 5) is 1.23. The van der Waals surface area contributed by atoms with Crippen molar-refractivity contribution in [2.24, 2.45) is 5.84 Å². The maximum atomic E-state index is 5.96. The van der Waals surface area contributed by atoms with Gasteiger partial charge in [0.1, 0.15) is 0 Å². The van der Waals surface area contributed by atoms with Crippen molar-refractivity contribution in [3.8, 4) is 0 Å². The van der Waals surface area contributed by atoms with E-state index in [1.165, 1.54) is 21.6 Å². The molecule has 0 fully saturated rings. The van der Waals surface area contributed by atoms with Gasteiger partial charge < -0.3 is 4.74 Å². The van der Waals surface area contributed by atoms with Gasteiger partial charge in [-0.2, -0.15) is 0 Å². The molecule has 0 aliphatic carbocycles. The van der Waals surface area contributed by atoms with E-state index in [1.54, 1.807) is 11.3 Å². The van der Waals surface area contributed by atoms with Crippen molar-refractivity contribution in [3.63, 3.8) is 0 Å². The van der Waals surface area contributed by atoms with Gasteiger partial charge in [-0.25, -0.2) is 0 Å². The number of hydrogen-bond donors (Lipinski definition) is 2. The van der Waals surface area contributed by atoms with Crippen LogP contribution in [0.1, 0.15) is 27.6 Å². The molecule has 0 saturated heterocycles. The molecule has 3 nitrogen and oxygen atoms in total. The van der Waals surface area contributed by atoms with Gasteiger partial charge in [-0.3, -0.25) is 11.3 Å². The van der Waals surface area contributed by atoms with Crippen molar-refractivity contribution >= 4 is 22.9 Å². The average molecular weight is 295 g/mol. The molecule has 1 unspecified atom stereocenters. The van der Waals surface area contributed by atoms with E-state index < -0.39 is 0 Å². The Bertz CT molecular complexity index is 585. The summed E-state index contributed by atoms with van der Waals surface area (Å²) >= 11 is 7.56. The van der Waals surface area contributed by atoms with Crippen LogP contribution in [-0.2, 0) is 24.4 Å². The van der Waals surface area contributed by atoms with Crippen molar-refractivity contribution in [3.05, 3.63) is 56.2 Å². The molecule has 1 aliphatic heterocycles. The number of benzene rings is 1. The second kappa shape index (κ2) is 5.61. The second-order valence-electron chi connectivity index (χ2n) is 4.65. The highest BCUT2D eigenvalue weighted by molar-refractivity contribution is 7.16. The Morgan fingerprint density at radius 1 is 1.26 bits per heavy atom. The summed E-state index contributed by atoms with van der Waals surface area (Å²) in [6.45, 7) is 1.42. The molecular weight excluding hydrogens is 280 g/mol. The predicted octanol–water partition coefficient (Wildman–Crippen LogP) is 3.18. The zero-order valence-electron chi connectivity index (χ0n) is 10.4. The highest BCUT2D eigenvalue weighted by atomic mass is 35.5. The van der Waals surface area contributed by atoms with Crippen LogP contribution < -0.4 is 11.3 Å². The molecule has 2 heterocycles. The number of halogens is 1. The van der Waals surface area contributed by atoms with Gasteiger partial charge in [0, 0.05) is 11.3 Å². The van der Waals surface area contributed by atoms with E-state index in [1.807, 2.05) is 12.1 Å². The molecule has 2 aromatic rings. The maximum Gasteiger partial charge on any atom is 0.0931 e. The topological polar surface area (TPSA) is 47.3 Å². The highest BCUT2D eigenvalue weighted by Crippen LogP contribution is 2.28. The van der Waals surface area contributed by atoms with E-state index >= 15 is 0 Å². The Morgan fingerprint density at radius 2 is 2.11 bits per heavy atom. The molecule has 3 N–H and O–H groups in total. The molecule has 3 rings (SSSR count). The van der Waals surface area contributed by atoms with Crippen LogP contribution in [0, 0.1) is 0 Å². The lowest BCUT2D eigenvalue weighted by Gasteiger charge is -2.16. The molecule has 0 spiro atoms. The first-order valence-electron chi connectivity index (χ1n) is 6.16. The van der Waals surface area contributed by atoms with Gasteiger partial charge in [-0.1, -0.05) is 29.8 Å². The van der Waals surface area contributed by atoms with Crippen LogP contribution >= 0.6 is 22.9 Å². The van der Waals surface area contributed by atoms with E-state index in [0.717, 1.165) is 17.4 Å². The SMILES string of the molecule is NNC(Cc1ccc(Cl)s1)c1ccc2c(c1)COC2. The zero-order chi connectivity index (χ0) is 13.2. The third kappa shape index (κ3) is 2.83. The summed E-state index contributed by atoms with van der Waals surface area (Å²) in [7, 11) is 0. The Hall–Kier alpha value is -0.910. The summed E-state index contributed by atoms with van der Waals surface area (Å²) in [6.07, 6.45) is 0.841. The average Bonchev–Trinajstić information content (AvgIpc) is 3.03. The Kier molecular flexibility index (Phi) is 3.86. The molecule has 1 atom stereocenters. The van der Waals surface area contributed by atoms with E-state index in [9.17, 15) is 0 Å². The number of hydrazine groups is 1. The Labute approximate surface area is 121 Å². The van der Waals surface area contributed by atoms with E-state index in [4.69, 9.17) is 22.2 Å². The first kappa shape index (κ1) is 13.1. The van der Waals surface area contributed by atoms with Crippen LogP contribution in [0.2, 0.25) is 4.34 Å². The molecule has 5 heteroatoms. The minimum atomic E-state index is 0.0978. The van der Waals surface area contributed by atoms with E-state index in [-0.39, 0.29) is 6.04 Å². The number of hydrogen-bond acceptors (Lipinski definition) is 4. The fraction of sp³-hybridized carbons (Fsp3) is 0.286. The van der Waals surface area contributed by atoms with Crippen LogP contribution in [0.3, 0.4) is 0 Å². The molecule has 0 amide bonds. The first-order valence-corrected chi connectivity index (χ1v) is 7.35. The fourth-order valence-corrected chi connectivity index (χ4v) is 3.48. The molecule has 100 valence electrons. The number of fused-ring (bicyclic) bond motifs is 1. The monoisotopic (exact) mass is 294 g/mol. The molecule has 0 saturated carbocycles. The lowest BCUT2D eigenvalue weighted by molar-refractivity contribution is 0.134. The van der Waals surface area contributed by atoms with Crippen molar-refractivity contribution in [1.82, 2.24) is 5.43 Å². The number of rotatable bonds is 4. The van der Waals surface area contributed by atoms with Crippen molar-refractivity contribution in [2.45, 2.75) is 25.7 Å². The summed E-state index contributed by atoms with van der Waals surface area (Å²) in [5.41, 5.74) is 6.62. The summed E-state index contributed by atoms with van der Waals surface area (Å²) < 4.78 is 6.25. The number of nitrogens with two attached hydrogens (primary N) is 1. The third-order valence-electron chi connectivity index (χ3n) is 3.38. The van der Waals surface area contributed by atoms with Crippen LogP contribution in [0.25, 0.3) is 0 Å². The zero-order valence-corrected chi connectivity index (χ0v) is 11.9. The number of ether oxygens (including phenoxy) is 1. The molecule has 0 bridgehead atoms. The van der Waals surface area contributed by atoms with E-state index in [0.29, 0.717) is 6.61 Å². The van der Waals surface area contributed by atoms with Crippen molar-refractivity contribution in [1.29, 1.82) is 0 Å². The van der Waals surface area contributed by atoms with Gasteiger partial charge in [-0.05, 0) is 28.8 Å². The van der Waals surface area contributed by atoms with Crippen LogP contribution in [-0.4, -0.2) is 0 Å². The third-order valence-corrected chi connectivity index (χ3v) is 4.64. The molecule has 1 aliphatic rings. The molecule has 19 heavy (non-hydrogen) atoms. The quantitative estimate of drug-likeness (QED) is 0.672. The lowest BCUT2D eigenvalue weighted by atomic mass is 9.99. The fourth-order valence-electron chi connectivity index (χ4n) is 2.34. The maximum absolute atomic E-state index is 5.96. The predicted molar refractivity (Wildman–Crippen MR) is 78.0 cm³/mol. The minimum Gasteiger partial charge on any atom is -0.372 e. The Balaban J connectivity index is 1.82. The summed E-state index contributed by atoms with van der Waals surface area (Å²) in [5.74, 6) is 5.70. The molecule has 1 aromatic carbocycles. The molecule has 0 radical (unpaired) electrons. The molecule has 1 aromatic heterocycles. The van der Waals surface area contributed by atoms with Gasteiger partial charge in [0.05, 0.1) is 23.6 Å². The largest absolute Gasteiger partial charge is 0.372 e. The first-order chi connectivity index (χ1) is 9.26. The van der Waals surface area contributed by atoms with Gasteiger partial charge in [0.2, 0.25) is 0 Å². The summed E-state index contributed by atoms with van der Waals surface area (Å²) in [6, 6.07) is 10.5. The van der Waals surface area contributed by atoms with Crippen LogP contribution in [0.15, 0.2) is 30.3 Å². The van der Waals surface area contributed by atoms with Gasteiger partial charge in [-0.15, -0.1) is 11.3 Å². The van der Waals surface area contributed by atoms with Crippen molar-refractivity contribution < 1.29 is 4.74 Å². The van der Waals surface area contributed by atoms with Gasteiger partial charge in [0.25, 0.3) is 0 Å². The van der Waals surface area contributed by atoms with Crippen LogP contribution in [0.5, 0.6) is 0 Å². The van der Waals surface area contributed by atoms with Gasteiger partial charge in [0.15, 0.2) is 0 Å². The van der Waals surface area contributed by atoms with Crippen molar-refractivity contribution in [2.75, 3.05) is 0 Å². The normalized spacial score (nSPS) is 15.5. The number of thiophene rings is 1. The smallest absolute Gasteiger partial charge is 0.0931 e.